The molecule has 0 saturated carbocycles. The second-order valence-electron chi connectivity index (χ2n) is 25.0. The van der Waals surface area contributed by atoms with Gasteiger partial charge in [0, 0.05) is 6.42 Å². The maximum absolute atomic E-state index is 13.5. The van der Waals surface area contributed by atoms with Crippen LogP contribution in [-0.4, -0.2) is 99.6 Å². The first-order valence-corrected chi connectivity index (χ1v) is 35.6. The van der Waals surface area contributed by atoms with Gasteiger partial charge < -0.3 is 45.1 Å². The Hall–Kier alpha value is -1.86. The highest BCUT2D eigenvalue weighted by molar-refractivity contribution is 5.80. The summed E-state index contributed by atoms with van der Waals surface area (Å²) in [6, 6.07) is -1.02. The van der Waals surface area contributed by atoms with Crippen LogP contribution in [0.4, 0.5) is 0 Å². The SMILES string of the molecule is CCCCCCCC/C=C/CCCCCCCCCCCC(=O)OC1C(OCC(NC(=O)C(O)CCCCCCCCCCCCCCCCCCCCCCCC)C(O)/C=C/CCCCCCCCCCCC)OC(CO)C(O)C1O. The molecule has 1 fully saturated rings. The van der Waals surface area contributed by atoms with Gasteiger partial charge in [0.15, 0.2) is 12.4 Å². The molecule has 1 aliphatic heterocycles. The van der Waals surface area contributed by atoms with E-state index in [4.69, 9.17) is 14.2 Å². The van der Waals surface area contributed by atoms with E-state index in [0.29, 0.717) is 19.3 Å². The first-order chi connectivity index (χ1) is 40.2. The molecule has 8 unspecified atom stereocenters. The Labute approximate surface area is 505 Å². The Morgan fingerprint density at radius 3 is 1.18 bits per heavy atom. The molecule has 8 atom stereocenters. The summed E-state index contributed by atoms with van der Waals surface area (Å²) in [7, 11) is 0. The van der Waals surface area contributed by atoms with Crippen LogP contribution in [0.1, 0.15) is 355 Å². The lowest BCUT2D eigenvalue weighted by atomic mass is 9.99. The van der Waals surface area contributed by atoms with Crippen molar-refractivity contribution in [2.75, 3.05) is 13.2 Å². The van der Waals surface area contributed by atoms with Crippen molar-refractivity contribution in [1.82, 2.24) is 5.32 Å². The number of hydrogen-bond acceptors (Lipinski definition) is 10. The molecule has 1 rings (SSSR count). The van der Waals surface area contributed by atoms with Crippen LogP contribution in [0.15, 0.2) is 24.3 Å². The van der Waals surface area contributed by atoms with Gasteiger partial charge in [-0.05, 0) is 51.4 Å². The number of carbonyl (C=O) groups is 2. The average Bonchev–Trinajstić information content (AvgIpc) is 3.44. The first kappa shape index (κ1) is 78.2. The van der Waals surface area contributed by atoms with E-state index in [-0.39, 0.29) is 13.0 Å². The van der Waals surface area contributed by atoms with E-state index in [9.17, 15) is 35.1 Å². The topological polar surface area (TPSA) is 175 Å². The molecule has 0 aromatic carbocycles. The van der Waals surface area contributed by atoms with E-state index in [1.54, 1.807) is 6.08 Å². The van der Waals surface area contributed by atoms with Crippen molar-refractivity contribution >= 4 is 11.9 Å². The van der Waals surface area contributed by atoms with Crippen molar-refractivity contribution in [3.63, 3.8) is 0 Å². The summed E-state index contributed by atoms with van der Waals surface area (Å²) in [4.78, 5) is 26.7. The molecule has 0 bridgehead atoms. The number of ether oxygens (including phenoxy) is 3. The molecular weight excluding hydrogens is 1030 g/mol. The summed E-state index contributed by atoms with van der Waals surface area (Å²) in [6.45, 7) is 5.84. The summed E-state index contributed by atoms with van der Waals surface area (Å²) in [6.07, 6.45) is 60.8. The molecule has 0 aromatic heterocycles. The van der Waals surface area contributed by atoms with E-state index < -0.39 is 67.4 Å². The molecule has 0 aliphatic carbocycles. The molecule has 11 nitrogen and oxygen atoms in total. The third-order valence-corrected chi connectivity index (χ3v) is 17.1. The van der Waals surface area contributed by atoms with Crippen molar-refractivity contribution in [3.8, 4) is 0 Å². The summed E-state index contributed by atoms with van der Waals surface area (Å²) in [5, 5.41) is 57.2. The smallest absolute Gasteiger partial charge is 0.306 e. The van der Waals surface area contributed by atoms with Gasteiger partial charge >= 0.3 is 5.97 Å². The van der Waals surface area contributed by atoms with Crippen molar-refractivity contribution in [1.29, 1.82) is 0 Å². The van der Waals surface area contributed by atoms with E-state index in [2.05, 4.69) is 38.2 Å². The molecule has 1 heterocycles. The van der Waals surface area contributed by atoms with Crippen molar-refractivity contribution in [2.24, 2.45) is 0 Å². The lowest BCUT2D eigenvalue weighted by Gasteiger charge is -2.41. The minimum Gasteiger partial charge on any atom is -0.454 e. The maximum Gasteiger partial charge on any atom is 0.306 e. The molecular formula is C71H135NO10. The number of amides is 1. The third-order valence-electron chi connectivity index (χ3n) is 17.1. The van der Waals surface area contributed by atoms with Crippen molar-refractivity contribution in [3.05, 3.63) is 24.3 Å². The Morgan fingerprint density at radius 1 is 0.463 bits per heavy atom. The summed E-state index contributed by atoms with van der Waals surface area (Å²) >= 11 is 0. The number of nitrogens with one attached hydrogen (secondary N) is 1. The van der Waals surface area contributed by atoms with Gasteiger partial charge in [0.05, 0.1) is 25.4 Å². The number of rotatable bonds is 62. The largest absolute Gasteiger partial charge is 0.454 e. The van der Waals surface area contributed by atoms with Gasteiger partial charge in [0.2, 0.25) is 5.91 Å². The second-order valence-corrected chi connectivity index (χ2v) is 25.0. The number of carbonyl (C=O) groups excluding carboxylic acids is 2. The minimum atomic E-state index is -1.61. The number of allylic oxidation sites excluding steroid dienone is 3. The Morgan fingerprint density at radius 2 is 0.805 bits per heavy atom. The van der Waals surface area contributed by atoms with E-state index in [0.717, 1.165) is 57.8 Å². The molecule has 1 amide bonds. The fourth-order valence-electron chi connectivity index (χ4n) is 11.5. The molecule has 11 heteroatoms. The van der Waals surface area contributed by atoms with Gasteiger partial charge in [-0.25, -0.2) is 0 Å². The number of aliphatic hydroxyl groups excluding tert-OH is 5. The van der Waals surface area contributed by atoms with Crippen LogP contribution >= 0.6 is 0 Å². The number of hydrogen-bond donors (Lipinski definition) is 6. The zero-order valence-electron chi connectivity index (χ0n) is 53.9. The molecule has 1 saturated heterocycles. The number of unbranched alkanes of at least 4 members (excludes halogenated alkanes) is 46. The van der Waals surface area contributed by atoms with Gasteiger partial charge in [-0.1, -0.05) is 321 Å². The van der Waals surface area contributed by atoms with Crippen molar-refractivity contribution in [2.45, 2.75) is 404 Å². The zero-order chi connectivity index (χ0) is 59.6. The van der Waals surface area contributed by atoms with Gasteiger partial charge in [-0.15, -0.1) is 0 Å². The fourth-order valence-corrected chi connectivity index (χ4v) is 11.5. The van der Waals surface area contributed by atoms with Gasteiger partial charge in [-0.2, -0.15) is 0 Å². The number of aliphatic hydroxyl groups is 5. The van der Waals surface area contributed by atoms with Crippen molar-refractivity contribution < 1.29 is 49.3 Å². The van der Waals surface area contributed by atoms with Crippen LogP contribution in [0.3, 0.4) is 0 Å². The summed E-state index contributed by atoms with van der Waals surface area (Å²) in [5.41, 5.74) is 0. The predicted octanol–water partition coefficient (Wildman–Crippen LogP) is 18.0. The van der Waals surface area contributed by atoms with Gasteiger partial charge in [0.1, 0.15) is 24.4 Å². The van der Waals surface area contributed by atoms with Crippen LogP contribution in [0.25, 0.3) is 0 Å². The Kier molecular flexibility index (Phi) is 56.7. The van der Waals surface area contributed by atoms with E-state index >= 15 is 0 Å². The standard InChI is InChI=1S/C71H135NO10/c1-4-7-10-13-16-19-22-25-27-29-31-32-33-35-36-38-40-43-46-49-52-55-58-64(75)70(79)72-62(63(74)57-54-51-48-45-42-24-21-18-15-12-9-6-3)61-80-71-69(68(78)67(77)65(60-73)81-71)82-66(76)59-56-53-50-47-44-41-39-37-34-30-28-26-23-20-17-14-11-8-5-2/h26,28,54,57,62-65,67-69,71,73-75,77-78H,4-25,27,29-53,55-56,58-61H2,1-3H3,(H,72,79)/b28-26+,57-54+. The van der Waals surface area contributed by atoms with Crippen LogP contribution in [0, 0.1) is 0 Å². The molecule has 0 spiro atoms. The lowest BCUT2D eigenvalue weighted by molar-refractivity contribution is -0.305. The highest BCUT2D eigenvalue weighted by atomic mass is 16.7. The summed E-state index contributed by atoms with van der Waals surface area (Å²) in [5.74, 6) is -1.18. The quantitative estimate of drug-likeness (QED) is 0.0195. The Bertz CT molecular complexity index is 1430. The number of esters is 1. The second kappa shape index (κ2) is 59.5. The highest BCUT2D eigenvalue weighted by Gasteiger charge is 2.47. The molecule has 484 valence electrons. The normalized spacial score (nSPS) is 18.7. The Balaban J connectivity index is 2.57. The molecule has 0 radical (unpaired) electrons. The third kappa shape index (κ3) is 46.4. The van der Waals surface area contributed by atoms with E-state index in [1.165, 1.54) is 250 Å². The van der Waals surface area contributed by atoms with Gasteiger partial charge in [0.25, 0.3) is 0 Å². The van der Waals surface area contributed by atoms with E-state index in [1.807, 2.05) is 6.08 Å². The van der Waals surface area contributed by atoms with Crippen LogP contribution in [-0.2, 0) is 23.8 Å². The molecule has 6 N–H and O–H groups in total. The molecule has 82 heavy (non-hydrogen) atoms. The van der Waals surface area contributed by atoms with Crippen LogP contribution < -0.4 is 5.32 Å². The zero-order valence-corrected chi connectivity index (χ0v) is 53.9. The van der Waals surface area contributed by atoms with Crippen LogP contribution in [0.5, 0.6) is 0 Å². The highest BCUT2D eigenvalue weighted by Crippen LogP contribution is 2.26. The summed E-state index contributed by atoms with van der Waals surface area (Å²) < 4.78 is 17.7. The minimum absolute atomic E-state index is 0.126. The fraction of sp³-hybridized carbons (Fsp3) is 0.915. The van der Waals surface area contributed by atoms with Crippen LogP contribution in [0.2, 0.25) is 0 Å². The molecule has 0 aromatic rings. The first-order valence-electron chi connectivity index (χ1n) is 35.6. The maximum atomic E-state index is 13.5. The lowest BCUT2D eigenvalue weighted by Crippen LogP contribution is -2.61. The molecule has 1 aliphatic rings. The monoisotopic (exact) mass is 1160 g/mol. The predicted molar refractivity (Wildman–Crippen MR) is 343 cm³/mol. The average molecular weight is 1160 g/mol. The van der Waals surface area contributed by atoms with Gasteiger partial charge in [-0.3, -0.25) is 9.59 Å².